The molecule has 152 valence electrons. The van der Waals surface area contributed by atoms with Crippen molar-refractivity contribution in [2.24, 2.45) is 13.0 Å². The minimum atomic E-state index is -0.299. The van der Waals surface area contributed by atoms with Gasteiger partial charge in [0.2, 0.25) is 5.91 Å². The number of hydrogen-bond acceptors (Lipinski definition) is 4. The van der Waals surface area contributed by atoms with Crippen molar-refractivity contribution >= 4 is 34.8 Å². The molecule has 8 nitrogen and oxygen atoms in total. The maximum atomic E-state index is 12.5. The van der Waals surface area contributed by atoms with Crippen LogP contribution in [0, 0.1) is 19.8 Å². The molecule has 29 heavy (non-hydrogen) atoms. The van der Waals surface area contributed by atoms with Gasteiger partial charge in [0.15, 0.2) is 5.69 Å². The van der Waals surface area contributed by atoms with Crippen LogP contribution in [0.2, 0.25) is 5.02 Å². The van der Waals surface area contributed by atoms with Gasteiger partial charge in [-0.05, 0) is 44.2 Å². The van der Waals surface area contributed by atoms with Gasteiger partial charge < -0.3 is 10.6 Å². The van der Waals surface area contributed by atoms with E-state index >= 15 is 0 Å². The lowest BCUT2D eigenvalue weighted by Gasteiger charge is -2.14. The Kier molecular flexibility index (Phi) is 6.03. The highest BCUT2D eigenvalue weighted by Crippen LogP contribution is 2.20. The summed E-state index contributed by atoms with van der Waals surface area (Å²) in [4.78, 5) is 24.6. The van der Waals surface area contributed by atoms with Gasteiger partial charge in [0, 0.05) is 24.6 Å². The molecule has 1 unspecified atom stereocenters. The largest absolute Gasteiger partial charge is 0.326 e. The lowest BCUT2D eigenvalue weighted by Crippen LogP contribution is -2.25. The molecule has 0 aliphatic heterocycles. The maximum Gasteiger partial charge on any atom is 0.276 e. The second-order valence-corrected chi connectivity index (χ2v) is 7.34. The number of hydrogen-bond donors (Lipinski definition) is 2. The summed E-state index contributed by atoms with van der Waals surface area (Å²) in [6.45, 7) is 5.99. The van der Waals surface area contributed by atoms with Crippen LogP contribution >= 0.6 is 11.6 Å². The van der Waals surface area contributed by atoms with E-state index in [4.69, 9.17) is 11.6 Å². The Morgan fingerprint density at radius 2 is 1.69 bits per heavy atom. The van der Waals surface area contributed by atoms with Crippen molar-refractivity contribution < 1.29 is 9.59 Å². The fraction of sp³-hybridized carbons (Fsp3) is 0.300. The average molecular weight is 415 g/mol. The molecule has 0 spiro atoms. The van der Waals surface area contributed by atoms with Gasteiger partial charge in [-0.15, -0.1) is 0 Å². The van der Waals surface area contributed by atoms with E-state index in [1.54, 1.807) is 52.9 Å². The third-order valence-corrected chi connectivity index (χ3v) is 5.09. The predicted octanol–water partition coefficient (Wildman–Crippen LogP) is 3.41. The Labute approximate surface area is 173 Å². The molecule has 2 amide bonds. The fourth-order valence-electron chi connectivity index (χ4n) is 2.83. The minimum absolute atomic E-state index is 0.126. The van der Waals surface area contributed by atoms with Crippen molar-refractivity contribution in [1.82, 2.24) is 19.6 Å². The summed E-state index contributed by atoms with van der Waals surface area (Å²) in [5, 5.41) is 14.7. The van der Waals surface area contributed by atoms with Crippen LogP contribution in [0.25, 0.3) is 0 Å². The first-order valence-corrected chi connectivity index (χ1v) is 9.54. The Morgan fingerprint density at radius 1 is 1.07 bits per heavy atom. The first kappa shape index (κ1) is 20.6. The van der Waals surface area contributed by atoms with Crippen molar-refractivity contribution in [3.05, 3.63) is 58.6 Å². The molecule has 3 rings (SSSR count). The second kappa shape index (κ2) is 8.48. The standard InChI is InChI=1S/C20H23ClN6O2/c1-12(11-27-14(3)18(21)13(2)24-27)19(28)22-15-5-7-16(8-6-15)23-20(29)17-9-10-26(4)25-17/h5-10,12H,11H2,1-4H3,(H,22,28)(H,23,29). The van der Waals surface area contributed by atoms with Gasteiger partial charge in [-0.2, -0.15) is 10.2 Å². The number of halogens is 1. The molecule has 9 heteroatoms. The van der Waals surface area contributed by atoms with E-state index in [9.17, 15) is 9.59 Å². The number of aromatic nitrogens is 4. The molecule has 2 aromatic heterocycles. The number of benzene rings is 1. The SMILES string of the molecule is Cc1nn(CC(C)C(=O)Nc2ccc(NC(=O)c3ccn(C)n3)cc2)c(C)c1Cl. The van der Waals surface area contributed by atoms with Gasteiger partial charge >= 0.3 is 0 Å². The van der Waals surface area contributed by atoms with Gasteiger partial charge in [-0.1, -0.05) is 18.5 Å². The van der Waals surface area contributed by atoms with E-state index in [1.807, 2.05) is 20.8 Å². The Balaban J connectivity index is 1.57. The first-order valence-electron chi connectivity index (χ1n) is 9.16. The Hall–Kier alpha value is -3.13. The van der Waals surface area contributed by atoms with Crippen molar-refractivity contribution in [3.8, 4) is 0 Å². The predicted molar refractivity (Wildman–Crippen MR) is 112 cm³/mol. The zero-order valence-corrected chi connectivity index (χ0v) is 17.5. The Bertz CT molecular complexity index is 1040. The van der Waals surface area contributed by atoms with E-state index in [0.717, 1.165) is 11.4 Å². The summed E-state index contributed by atoms with van der Waals surface area (Å²) in [5.74, 6) is -0.717. The molecule has 0 radical (unpaired) electrons. The van der Waals surface area contributed by atoms with Crippen LogP contribution in [0.4, 0.5) is 11.4 Å². The Morgan fingerprint density at radius 3 is 2.21 bits per heavy atom. The molecule has 1 atom stereocenters. The molecular formula is C20H23ClN6O2. The molecule has 0 saturated carbocycles. The van der Waals surface area contributed by atoms with Crippen molar-refractivity contribution in [2.75, 3.05) is 10.6 Å². The first-order chi connectivity index (χ1) is 13.7. The van der Waals surface area contributed by atoms with Gasteiger partial charge in [0.25, 0.3) is 5.91 Å². The number of amides is 2. The third-order valence-electron chi connectivity index (χ3n) is 4.54. The molecule has 3 aromatic rings. The number of nitrogens with zero attached hydrogens (tertiary/aromatic N) is 4. The van der Waals surface area contributed by atoms with Gasteiger partial charge in [0.05, 0.1) is 28.9 Å². The van der Waals surface area contributed by atoms with Crippen molar-refractivity contribution in [3.63, 3.8) is 0 Å². The van der Waals surface area contributed by atoms with Crippen LogP contribution in [0.5, 0.6) is 0 Å². The molecule has 1 aromatic carbocycles. The van der Waals surface area contributed by atoms with Crippen molar-refractivity contribution in [2.45, 2.75) is 27.3 Å². The lowest BCUT2D eigenvalue weighted by molar-refractivity contribution is -0.119. The summed E-state index contributed by atoms with van der Waals surface area (Å²) in [7, 11) is 1.75. The number of aryl methyl sites for hydroxylation is 2. The highest BCUT2D eigenvalue weighted by atomic mass is 35.5. The van der Waals surface area contributed by atoms with Crippen LogP contribution in [-0.2, 0) is 18.4 Å². The number of carbonyl (C=O) groups excluding carboxylic acids is 2. The van der Waals surface area contributed by atoms with E-state index in [2.05, 4.69) is 20.8 Å². The van der Waals surface area contributed by atoms with Crippen LogP contribution < -0.4 is 10.6 Å². The summed E-state index contributed by atoms with van der Waals surface area (Å²) in [6, 6.07) is 8.56. The van der Waals surface area contributed by atoms with Gasteiger partial charge in [0.1, 0.15) is 0 Å². The molecule has 0 fully saturated rings. The fourth-order valence-corrected chi connectivity index (χ4v) is 2.96. The van der Waals surface area contributed by atoms with Gasteiger partial charge in [-0.25, -0.2) is 0 Å². The van der Waals surface area contributed by atoms with Crippen LogP contribution in [0.15, 0.2) is 36.5 Å². The maximum absolute atomic E-state index is 12.5. The highest BCUT2D eigenvalue weighted by molar-refractivity contribution is 6.31. The monoisotopic (exact) mass is 414 g/mol. The summed E-state index contributed by atoms with van der Waals surface area (Å²) in [6.07, 6.45) is 1.70. The molecule has 2 heterocycles. The lowest BCUT2D eigenvalue weighted by atomic mass is 10.1. The number of nitrogens with one attached hydrogen (secondary N) is 2. The summed E-state index contributed by atoms with van der Waals surface area (Å²) >= 11 is 6.16. The zero-order chi connectivity index (χ0) is 21.1. The molecular weight excluding hydrogens is 392 g/mol. The highest BCUT2D eigenvalue weighted by Gasteiger charge is 2.17. The molecule has 0 bridgehead atoms. The zero-order valence-electron chi connectivity index (χ0n) is 16.7. The van der Waals surface area contributed by atoms with Gasteiger partial charge in [-0.3, -0.25) is 19.0 Å². The van der Waals surface area contributed by atoms with Crippen molar-refractivity contribution in [1.29, 1.82) is 0 Å². The quantitative estimate of drug-likeness (QED) is 0.646. The van der Waals surface area contributed by atoms with E-state index < -0.39 is 0 Å². The normalized spacial score (nSPS) is 11.9. The van der Waals surface area contributed by atoms with Crippen LogP contribution in [-0.4, -0.2) is 31.4 Å². The van der Waals surface area contributed by atoms with Crippen LogP contribution in [0.1, 0.15) is 28.8 Å². The topological polar surface area (TPSA) is 93.8 Å². The number of carbonyl (C=O) groups is 2. The summed E-state index contributed by atoms with van der Waals surface area (Å²) in [5.41, 5.74) is 3.19. The molecule has 0 aliphatic carbocycles. The summed E-state index contributed by atoms with van der Waals surface area (Å²) < 4.78 is 3.31. The smallest absolute Gasteiger partial charge is 0.276 e. The molecule has 2 N–H and O–H groups in total. The van der Waals surface area contributed by atoms with E-state index in [0.29, 0.717) is 28.6 Å². The van der Waals surface area contributed by atoms with E-state index in [1.165, 1.54) is 0 Å². The van der Waals surface area contributed by atoms with Crippen LogP contribution in [0.3, 0.4) is 0 Å². The second-order valence-electron chi connectivity index (χ2n) is 6.96. The third kappa shape index (κ3) is 4.83. The molecule has 0 saturated heterocycles. The minimum Gasteiger partial charge on any atom is -0.326 e. The average Bonchev–Trinajstić information content (AvgIpc) is 3.22. The number of anilines is 2. The van der Waals surface area contributed by atoms with E-state index in [-0.39, 0.29) is 17.7 Å². The molecule has 0 aliphatic rings. The number of rotatable bonds is 6.